The minimum atomic E-state index is -0.886. The van der Waals surface area contributed by atoms with Gasteiger partial charge in [0.05, 0.1) is 32.8 Å². The molecule has 2 saturated heterocycles. The number of aryl methyl sites for hydroxylation is 1. The number of halogens is 1. The van der Waals surface area contributed by atoms with E-state index in [-0.39, 0.29) is 0 Å². The van der Waals surface area contributed by atoms with Crippen LogP contribution < -0.4 is 9.47 Å². The van der Waals surface area contributed by atoms with E-state index in [1.165, 1.54) is 11.8 Å². The monoisotopic (exact) mass is 492 g/mol. The summed E-state index contributed by atoms with van der Waals surface area (Å²) in [5.74, 6) is 0.000815. The molecule has 3 atom stereocenters. The van der Waals surface area contributed by atoms with Gasteiger partial charge in [-0.3, -0.25) is 4.79 Å². The first-order valence-electron chi connectivity index (χ1n) is 10.9. The molecule has 0 amide bonds. The van der Waals surface area contributed by atoms with Gasteiger partial charge in [0.15, 0.2) is 22.7 Å². The minimum absolute atomic E-state index is 0.436. The number of thioether (sulfide) groups is 1. The van der Waals surface area contributed by atoms with Gasteiger partial charge in [-0.1, -0.05) is 35.5 Å². The molecule has 0 aromatic heterocycles. The lowest BCUT2D eigenvalue weighted by Crippen LogP contribution is -2.43. The van der Waals surface area contributed by atoms with Crippen molar-refractivity contribution >= 4 is 29.3 Å². The molecule has 2 aromatic rings. The Bertz CT molecular complexity index is 991. The standard InChI is InChI=1S/C25H29ClO6S/c1-16-5-8-18(9-6-16)33-23-25(21(26)22(27)32-23,12-11-24(2)30-13-14-31-24)17-7-10-19(28-3)20(15-17)29-4/h5-10,15,21,23H,11-14H2,1-4H3/t21?,23-,25+/m1/s1. The van der Waals surface area contributed by atoms with Gasteiger partial charge < -0.3 is 23.7 Å². The van der Waals surface area contributed by atoms with Crippen molar-refractivity contribution in [3.05, 3.63) is 53.6 Å². The summed E-state index contributed by atoms with van der Waals surface area (Å²) < 4.78 is 28.6. The second kappa shape index (κ2) is 9.74. The number of benzene rings is 2. The predicted molar refractivity (Wildman–Crippen MR) is 127 cm³/mol. The number of methoxy groups -OCH3 is 2. The van der Waals surface area contributed by atoms with E-state index in [9.17, 15) is 4.79 Å². The number of ether oxygens (including phenoxy) is 5. The summed E-state index contributed by atoms with van der Waals surface area (Å²) in [7, 11) is 3.17. The molecule has 2 aromatic carbocycles. The average Bonchev–Trinajstić information content (AvgIpc) is 3.35. The first-order valence-corrected chi connectivity index (χ1v) is 12.2. The van der Waals surface area contributed by atoms with Crippen LogP contribution in [0.15, 0.2) is 47.4 Å². The van der Waals surface area contributed by atoms with Crippen LogP contribution in [0.3, 0.4) is 0 Å². The Morgan fingerprint density at radius 2 is 1.70 bits per heavy atom. The number of hydrogen-bond acceptors (Lipinski definition) is 7. The number of cyclic esters (lactones) is 1. The van der Waals surface area contributed by atoms with Gasteiger partial charge in [0.1, 0.15) is 5.38 Å². The van der Waals surface area contributed by atoms with Crippen molar-refractivity contribution in [2.75, 3.05) is 27.4 Å². The summed E-state index contributed by atoms with van der Waals surface area (Å²) in [4.78, 5) is 13.9. The fourth-order valence-corrected chi connectivity index (χ4v) is 6.16. The third-order valence-corrected chi connectivity index (χ3v) is 8.22. The Labute approximate surface area is 203 Å². The van der Waals surface area contributed by atoms with Gasteiger partial charge in [-0.15, -0.1) is 11.6 Å². The Hall–Kier alpha value is -1.93. The van der Waals surface area contributed by atoms with Crippen molar-refractivity contribution in [2.45, 2.75) is 53.6 Å². The highest BCUT2D eigenvalue weighted by Crippen LogP contribution is 2.53. The third-order valence-electron chi connectivity index (χ3n) is 6.38. The lowest BCUT2D eigenvalue weighted by atomic mass is 9.74. The fourth-order valence-electron chi connectivity index (χ4n) is 4.40. The SMILES string of the molecule is COc1ccc([C@@]2(CCC3(C)OCCO3)C(Cl)C(=O)O[C@@H]2Sc2ccc(C)cc2)cc1OC. The first-order chi connectivity index (χ1) is 15.8. The van der Waals surface area contributed by atoms with Crippen molar-refractivity contribution in [3.63, 3.8) is 0 Å². The van der Waals surface area contributed by atoms with Crippen LogP contribution in [0.5, 0.6) is 11.5 Å². The highest BCUT2D eigenvalue weighted by molar-refractivity contribution is 7.99. The Morgan fingerprint density at radius 3 is 2.33 bits per heavy atom. The van der Waals surface area contributed by atoms with E-state index in [2.05, 4.69) is 0 Å². The highest BCUT2D eigenvalue weighted by atomic mass is 35.5. The Balaban J connectivity index is 1.77. The van der Waals surface area contributed by atoms with E-state index in [4.69, 9.17) is 35.3 Å². The van der Waals surface area contributed by atoms with Gasteiger partial charge in [0, 0.05) is 11.3 Å². The van der Waals surface area contributed by atoms with Crippen LogP contribution in [0.2, 0.25) is 0 Å². The fraction of sp³-hybridized carbons (Fsp3) is 0.480. The van der Waals surface area contributed by atoms with Crippen LogP contribution in [-0.4, -0.2) is 50.0 Å². The van der Waals surface area contributed by atoms with Gasteiger partial charge >= 0.3 is 5.97 Å². The molecule has 4 rings (SSSR count). The zero-order valence-electron chi connectivity index (χ0n) is 19.3. The molecule has 6 nitrogen and oxygen atoms in total. The molecule has 0 saturated carbocycles. The van der Waals surface area contributed by atoms with Gasteiger partial charge in [0.2, 0.25) is 0 Å². The normalized spacial score (nSPS) is 26.3. The maximum Gasteiger partial charge on any atom is 0.326 e. The molecule has 33 heavy (non-hydrogen) atoms. The predicted octanol–water partition coefficient (Wildman–Crippen LogP) is 5.08. The van der Waals surface area contributed by atoms with E-state index in [1.807, 2.05) is 56.3 Å². The maximum absolute atomic E-state index is 12.9. The number of carbonyl (C=O) groups is 1. The Kier molecular flexibility index (Phi) is 7.15. The topological polar surface area (TPSA) is 63.2 Å². The molecule has 1 unspecified atom stereocenters. The minimum Gasteiger partial charge on any atom is -0.493 e. The highest BCUT2D eigenvalue weighted by Gasteiger charge is 2.59. The summed E-state index contributed by atoms with van der Waals surface area (Å²) >= 11 is 8.36. The zero-order chi connectivity index (χ0) is 23.6. The average molecular weight is 493 g/mol. The van der Waals surface area contributed by atoms with Gasteiger partial charge in [-0.2, -0.15) is 0 Å². The number of hydrogen-bond donors (Lipinski definition) is 0. The van der Waals surface area contributed by atoms with Crippen LogP contribution in [0, 0.1) is 6.92 Å². The molecule has 178 valence electrons. The lowest BCUT2D eigenvalue weighted by Gasteiger charge is -2.37. The Morgan fingerprint density at radius 1 is 1.03 bits per heavy atom. The zero-order valence-corrected chi connectivity index (χ0v) is 20.8. The second-order valence-electron chi connectivity index (χ2n) is 8.50. The van der Waals surface area contributed by atoms with Crippen molar-refractivity contribution in [1.29, 1.82) is 0 Å². The molecule has 0 N–H and O–H groups in total. The molecule has 0 spiro atoms. The summed E-state index contributed by atoms with van der Waals surface area (Å²) in [6, 6.07) is 13.8. The van der Waals surface area contributed by atoms with Crippen molar-refractivity contribution < 1.29 is 28.5 Å². The van der Waals surface area contributed by atoms with Gasteiger partial charge in [-0.05, 0) is 50.1 Å². The molecule has 2 aliphatic heterocycles. The van der Waals surface area contributed by atoms with Crippen LogP contribution in [-0.2, 0) is 24.4 Å². The molecule has 8 heteroatoms. The number of carbonyl (C=O) groups excluding carboxylic acids is 1. The van der Waals surface area contributed by atoms with Gasteiger partial charge in [0.25, 0.3) is 0 Å². The van der Waals surface area contributed by atoms with Crippen LogP contribution in [0.4, 0.5) is 0 Å². The number of alkyl halides is 1. The van der Waals surface area contributed by atoms with Crippen LogP contribution in [0.1, 0.15) is 30.9 Å². The van der Waals surface area contributed by atoms with E-state index < -0.39 is 28.0 Å². The maximum atomic E-state index is 12.9. The quantitative estimate of drug-likeness (QED) is 0.376. The van der Waals surface area contributed by atoms with E-state index >= 15 is 0 Å². The van der Waals surface area contributed by atoms with E-state index in [1.54, 1.807) is 14.2 Å². The summed E-state index contributed by atoms with van der Waals surface area (Å²) in [5.41, 5.74) is 0.620. The van der Waals surface area contributed by atoms with Gasteiger partial charge in [-0.25, -0.2) is 0 Å². The van der Waals surface area contributed by atoms with E-state index in [0.29, 0.717) is 37.6 Å². The van der Waals surface area contributed by atoms with Crippen molar-refractivity contribution in [2.24, 2.45) is 0 Å². The molecule has 0 radical (unpaired) electrons. The summed E-state index contributed by atoms with van der Waals surface area (Å²) in [6.45, 7) is 5.04. The molecule has 2 fully saturated rings. The number of esters is 1. The smallest absolute Gasteiger partial charge is 0.326 e. The molecule has 0 bridgehead atoms. The molecule has 2 aliphatic rings. The molecular weight excluding hydrogens is 464 g/mol. The lowest BCUT2D eigenvalue weighted by molar-refractivity contribution is -0.150. The van der Waals surface area contributed by atoms with Crippen molar-refractivity contribution in [3.8, 4) is 11.5 Å². The molecule has 2 heterocycles. The molecular formula is C25H29ClO6S. The number of rotatable bonds is 8. The van der Waals surface area contributed by atoms with E-state index in [0.717, 1.165) is 16.0 Å². The summed E-state index contributed by atoms with van der Waals surface area (Å²) in [5, 5.41) is -0.886. The molecule has 0 aliphatic carbocycles. The summed E-state index contributed by atoms with van der Waals surface area (Å²) in [6.07, 6.45) is 1.06. The van der Waals surface area contributed by atoms with Crippen LogP contribution >= 0.6 is 23.4 Å². The largest absolute Gasteiger partial charge is 0.493 e. The van der Waals surface area contributed by atoms with Crippen molar-refractivity contribution in [1.82, 2.24) is 0 Å². The van der Waals surface area contributed by atoms with Crippen LogP contribution in [0.25, 0.3) is 0 Å². The second-order valence-corrected chi connectivity index (χ2v) is 10.1. The first kappa shape index (κ1) is 24.2. The third kappa shape index (κ3) is 4.69.